The van der Waals surface area contributed by atoms with Crippen LogP contribution in [0.4, 0.5) is 5.95 Å². The summed E-state index contributed by atoms with van der Waals surface area (Å²) in [6, 6.07) is 0. The van der Waals surface area contributed by atoms with E-state index in [1.54, 1.807) is 12.4 Å². The molecule has 3 aromatic rings. The van der Waals surface area contributed by atoms with Gasteiger partial charge in [-0.05, 0) is 11.8 Å². The number of nitrogens with two attached hydrogens (primary N) is 1. The van der Waals surface area contributed by atoms with Gasteiger partial charge in [0.15, 0.2) is 5.65 Å². The zero-order valence-corrected chi connectivity index (χ0v) is 9.23. The molecule has 3 aromatic heterocycles. The summed E-state index contributed by atoms with van der Waals surface area (Å²) in [6.07, 6.45) is 4.71. The van der Waals surface area contributed by atoms with Crippen molar-refractivity contribution in [1.82, 2.24) is 25.1 Å². The number of nitrogens with zero attached hydrogens (tertiary/aromatic N) is 4. The molecule has 0 atom stereocenters. The van der Waals surface area contributed by atoms with Crippen molar-refractivity contribution in [3.05, 3.63) is 18.7 Å². The highest BCUT2D eigenvalue weighted by Gasteiger charge is 2.12. The molecule has 9 heteroatoms. The topological polar surface area (TPSA) is 119 Å². The molecule has 8 nitrogen and oxygen atoms in total. The van der Waals surface area contributed by atoms with Gasteiger partial charge < -0.3 is 4.42 Å². The van der Waals surface area contributed by atoms with Gasteiger partial charge in [-0.3, -0.25) is 10.5 Å². The van der Waals surface area contributed by atoms with Crippen LogP contribution in [-0.4, -0.2) is 25.1 Å². The molecule has 0 spiro atoms. The molecule has 0 aliphatic rings. The molecule has 0 radical (unpaired) electrons. The SMILES string of the molecule is NNc1nc(Sc2ncco2)c2cn[nH]c2n1. The van der Waals surface area contributed by atoms with Gasteiger partial charge in [-0.25, -0.2) is 15.8 Å². The molecular weight excluding hydrogens is 242 g/mol. The van der Waals surface area contributed by atoms with Crippen molar-refractivity contribution in [3.63, 3.8) is 0 Å². The van der Waals surface area contributed by atoms with Gasteiger partial charge in [-0.2, -0.15) is 10.1 Å². The predicted molar refractivity (Wildman–Crippen MR) is 60.1 cm³/mol. The predicted octanol–water partition coefficient (Wildman–Crippen LogP) is 0.778. The molecule has 86 valence electrons. The third-order valence-corrected chi connectivity index (χ3v) is 2.88. The van der Waals surface area contributed by atoms with E-state index in [2.05, 4.69) is 30.6 Å². The Morgan fingerprint density at radius 1 is 1.41 bits per heavy atom. The summed E-state index contributed by atoms with van der Waals surface area (Å²) in [5.41, 5.74) is 2.99. The van der Waals surface area contributed by atoms with Gasteiger partial charge in [0.1, 0.15) is 11.3 Å². The van der Waals surface area contributed by atoms with Crippen LogP contribution in [0.5, 0.6) is 0 Å². The maximum atomic E-state index is 5.29. The number of hydrogen-bond donors (Lipinski definition) is 3. The van der Waals surface area contributed by atoms with Crippen molar-refractivity contribution in [2.45, 2.75) is 10.2 Å². The van der Waals surface area contributed by atoms with Crippen molar-refractivity contribution in [2.75, 3.05) is 5.43 Å². The van der Waals surface area contributed by atoms with E-state index in [1.165, 1.54) is 18.0 Å². The first-order valence-electron chi connectivity index (χ1n) is 4.62. The monoisotopic (exact) mass is 249 g/mol. The second kappa shape index (κ2) is 4.03. The molecule has 0 aliphatic carbocycles. The number of aromatic nitrogens is 5. The first-order chi connectivity index (χ1) is 8.36. The molecule has 0 fully saturated rings. The minimum absolute atomic E-state index is 0.302. The van der Waals surface area contributed by atoms with Crippen LogP contribution < -0.4 is 11.3 Å². The summed E-state index contributed by atoms with van der Waals surface area (Å²) in [7, 11) is 0. The van der Waals surface area contributed by atoms with Crippen molar-refractivity contribution in [3.8, 4) is 0 Å². The van der Waals surface area contributed by atoms with Gasteiger partial charge in [-0.15, -0.1) is 0 Å². The number of H-pyrrole nitrogens is 1. The lowest BCUT2D eigenvalue weighted by Crippen LogP contribution is -2.10. The summed E-state index contributed by atoms with van der Waals surface area (Å²) in [6.45, 7) is 0. The fourth-order valence-electron chi connectivity index (χ4n) is 1.29. The Morgan fingerprint density at radius 2 is 2.35 bits per heavy atom. The maximum absolute atomic E-state index is 5.29. The van der Waals surface area contributed by atoms with E-state index in [0.717, 1.165) is 5.39 Å². The largest absolute Gasteiger partial charge is 0.440 e. The highest BCUT2D eigenvalue weighted by atomic mass is 32.2. The van der Waals surface area contributed by atoms with Crippen LogP contribution in [0.2, 0.25) is 0 Å². The Kier molecular flexibility index (Phi) is 2.38. The van der Waals surface area contributed by atoms with E-state index in [1.807, 2.05) is 0 Å². The number of hydrogen-bond acceptors (Lipinski definition) is 8. The Labute approximate surface area is 99.0 Å². The highest BCUT2D eigenvalue weighted by molar-refractivity contribution is 7.99. The van der Waals surface area contributed by atoms with Crippen molar-refractivity contribution >= 4 is 28.7 Å². The lowest BCUT2D eigenvalue weighted by molar-refractivity contribution is 0.454. The number of hydrazine groups is 1. The number of rotatable bonds is 3. The molecule has 17 heavy (non-hydrogen) atoms. The minimum atomic E-state index is 0.302. The second-order valence-electron chi connectivity index (χ2n) is 3.03. The van der Waals surface area contributed by atoms with E-state index in [0.29, 0.717) is 21.8 Å². The van der Waals surface area contributed by atoms with E-state index in [-0.39, 0.29) is 0 Å². The molecule has 3 rings (SSSR count). The molecular formula is C8H7N7OS. The van der Waals surface area contributed by atoms with E-state index >= 15 is 0 Å². The zero-order chi connectivity index (χ0) is 11.7. The smallest absolute Gasteiger partial charge is 0.261 e. The summed E-state index contributed by atoms with van der Waals surface area (Å²) < 4.78 is 5.15. The van der Waals surface area contributed by atoms with Gasteiger partial charge in [0, 0.05) is 0 Å². The Bertz CT molecular complexity index is 634. The number of anilines is 1. The summed E-state index contributed by atoms with van der Waals surface area (Å²) in [5, 5.41) is 8.60. The first-order valence-corrected chi connectivity index (χ1v) is 5.43. The Hall–Kier alpha value is -2.13. The van der Waals surface area contributed by atoms with Gasteiger partial charge >= 0.3 is 0 Å². The summed E-state index contributed by atoms with van der Waals surface area (Å²) in [4.78, 5) is 12.3. The van der Waals surface area contributed by atoms with Crippen LogP contribution >= 0.6 is 11.8 Å². The highest BCUT2D eigenvalue weighted by Crippen LogP contribution is 2.30. The van der Waals surface area contributed by atoms with Crippen LogP contribution in [0.1, 0.15) is 0 Å². The van der Waals surface area contributed by atoms with Crippen molar-refractivity contribution in [1.29, 1.82) is 0 Å². The third kappa shape index (κ3) is 1.81. The van der Waals surface area contributed by atoms with Crippen LogP contribution in [0.3, 0.4) is 0 Å². The van der Waals surface area contributed by atoms with Gasteiger partial charge in [-0.1, -0.05) is 0 Å². The number of oxazole rings is 1. The number of fused-ring (bicyclic) bond motifs is 1. The maximum Gasteiger partial charge on any atom is 0.261 e. The standard InChI is InChI=1S/C8H7N7OS/c9-14-7-12-5-4(3-11-15-5)6(13-7)17-8-10-1-2-16-8/h1-3H,9H2,(H2,11,12,13,14,15). The molecule has 0 aliphatic heterocycles. The van der Waals surface area contributed by atoms with Gasteiger partial charge in [0.05, 0.1) is 17.8 Å². The number of nitrogens with one attached hydrogen (secondary N) is 2. The lowest BCUT2D eigenvalue weighted by Gasteiger charge is -2.01. The molecule has 0 unspecified atom stereocenters. The van der Waals surface area contributed by atoms with Crippen LogP contribution in [0.25, 0.3) is 11.0 Å². The number of aromatic amines is 1. The molecule has 0 saturated heterocycles. The molecule has 3 heterocycles. The second-order valence-corrected chi connectivity index (χ2v) is 3.97. The molecule has 0 saturated carbocycles. The van der Waals surface area contributed by atoms with Crippen molar-refractivity contribution in [2.24, 2.45) is 5.84 Å². The van der Waals surface area contributed by atoms with Gasteiger partial charge in [0.2, 0.25) is 5.95 Å². The van der Waals surface area contributed by atoms with E-state index in [9.17, 15) is 0 Å². The van der Waals surface area contributed by atoms with Crippen molar-refractivity contribution < 1.29 is 4.42 Å². The average Bonchev–Trinajstić information content (AvgIpc) is 2.98. The third-order valence-electron chi connectivity index (χ3n) is 2.00. The van der Waals surface area contributed by atoms with Crippen LogP contribution in [0, 0.1) is 0 Å². The number of nitrogen functional groups attached to an aromatic ring is 1. The van der Waals surface area contributed by atoms with E-state index < -0.39 is 0 Å². The molecule has 0 aromatic carbocycles. The Balaban J connectivity index is 2.10. The van der Waals surface area contributed by atoms with E-state index in [4.69, 9.17) is 10.3 Å². The first kappa shape index (κ1) is 10.1. The fourth-order valence-corrected chi connectivity index (χ4v) is 2.07. The van der Waals surface area contributed by atoms with Crippen LogP contribution in [0.15, 0.2) is 33.3 Å². The zero-order valence-electron chi connectivity index (χ0n) is 8.41. The minimum Gasteiger partial charge on any atom is -0.440 e. The van der Waals surface area contributed by atoms with Gasteiger partial charge in [0.25, 0.3) is 5.22 Å². The Morgan fingerprint density at radius 3 is 3.12 bits per heavy atom. The summed E-state index contributed by atoms with van der Waals surface area (Å²) >= 11 is 1.27. The molecule has 0 bridgehead atoms. The molecule has 0 amide bonds. The fraction of sp³-hybridized carbons (Fsp3) is 0. The van der Waals surface area contributed by atoms with Crippen LogP contribution in [-0.2, 0) is 0 Å². The summed E-state index contributed by atoms with van der Waals surface area (Å²) in [5.74, 6) is 5.60. The lowest BCUT2D eigenvalue weighted by atomic mass is 10.4. The molecule has 4 N–H and O–H groups in total. The quantitative estimate of drug-likeness (QED) is 0.354. The normalized spacial score (nSPS) is 10.9. The average molecular weight is 249 g/mol.